The summed E-state index contributed by atoms with van der Waals surface area (Å²) in [6.45, 7) is 18.4. The maximum atomic E-state index is 13.5. The molecule has 0 amide bonds. The quantitative estimate of drug-likeness (QED) is 0.411. The maximum Gasteiger partial charge on any atom is 0.173 e. The van der Waals surface area contributed by atoms with Crippen LogP contribution in [0, 0.1) is 26.6 Å². The first-order valence-electron chi connectivity index (χ1n) is 13.8. The Kier molecular flexibility index (Phi) is 12.7. The van der Waals surface area contributed by atoms with Crippen LogP contribution in [0.15, 0.2) is 24.5 Å². The summed E-state index contributed by atoms with van der Waals surface area (Å²) in [7, 11) is 0. The number of Topliss-reactive ketones (excluding diaryl/α,β-unsaturated/α-hetero) is 1. The van der Waals surface area contributed by atoms with Gasteiger partial charge >= 0.3 is 0 Å². The van der Waals surface area contributed by atoms with E-state index in [0.29, 0.717) is 5.65 Å². The second kappa shape index (κ2) is 15.5. The number of ketones is 1. The third kappa shape index (κ3) is 9.54. The topological polar surface area (TPSA) is 62.5 Å². The lowest BCUT2D eigenvalue weighted by molar-refractivity contribution is -0.117. The van der Waals surface area contributed by atoms with Crippen LogP contribution in [-0.4, -0.2) is 46.3 Å². The number of fused-ring (bicyclic) bond motifs is 1. The van der Waals surface area contributed by atoms with Crippen molar-refractivity contribution in [3.05, 3.63) is 58.6 Å². The van der Waals surface area contributed by atoms with Crippen molar-refractivity contribution in [3.8, 4) is 0 Å². The van der Waals surface area contributed by atoms with Gasteiger partial charge in [-0.05, 0) is 70.2 Å². The van der Waals surface area contributed by atoms with Gasteiger partial charge in [-0.15, -0.1) is 0 Å². The van der Waals surface area contributed by atoms with Crippen LogP contribution in [0.5, 0.6) is 0 Å². The number of rotatable bonds is 7. The van der Waals surface area contributed by atoms with Gasteiger partial charge in [-0.2, -0.15) is 0 Å². The Morgan fingerprint density at radius 2 is 1.62 bits per heavy atom. The summed E-state index contributed by atoms with van der Waals surface area (Å²) in [4.78, 5) is 21.3. The van der Waals surface area contributed by atoms with E-state index in [0.717, 1.165) is 75.2 Å². The lowest BCUT2D eigenvalue weighted by Crippen LogP contribution is -2.44. The van der Waals surface area contributed by atoms with Crippen molar-refractivity contribution < 1.29 is 9.18 Å². The Morgan fingerprint density at radius 1 is 0.946 bits per heavy atom. The minimum absolute atomic E-state index is 0.232. The van der Waals surface area contributed by atoms with Crippen LogP contribution in [0.4, 0.5) is 10.1 Å². The number of aryl methyl sites for hydroxylation is 4. The lowest BCUT2D eigenvalue weighted by atomic mass is 10.0. The molecule has 37 heavy (non-hydrogen) atoms. The van der Waals surface area contributed by atoms with Gasteiger partial charge in [0, 0.05) is 62.1 Å². The number of anilines is 1. The molecule has 1 saturated heterocycles. The molecule has 0 aromatic carbocycles. The summed E-state index contributed by atoms with van der Waals surface area (Å²) < 4.78 is 15.3. The molecule has 1 N–H and O–H groups in total. The highest BCUT2D eigenvalue weighted by molar-refractivity contribution is 5.75. The Balaban J connectivity index is 0.000000217. The molecule has 0 saturated carbocycles. The average Bonchev–Trinajstić information content (AvgIpc) is 3.23. The molecule has 7 heteroatoms. The summed E-state index contributed by atoms with van der Waals surface area (Å²) in [5.41, 5.74) is 7.49. The van der Waals surface area contributed by atoms with Crippen LogP contribution in [0.2, 0.25) is 0 Å². The summed E-state index contributed by atoms with van der Waals surface area (Å²) in [6, 6.07) is 3.83. The minimum Gasteiger partial charge on any atom is -0.369 e. The fourth-order valence-corrected chi connectivity index (χ4v) is 4.59. The van der Waals surface area contributed by atoms with Crippen LogP contribution in [-0.2, 0) is 17.6 Å². The van der Waals surface area contributed by atoms with Gasteiger partial charge in [0.15, 0.2) is 11.5 Å². The number of nitrogens with zero attached hydrogens (tertiary/aromatic N) is 4. The number of imidazole rings is 1. The molecule has 1 aliphatic heterocycles. The number of nitrogens with one attached hydrogen (secondary N) is 1. The van der Waals surface area contributed by atoms with Gasteiger partial charge < -0.3 is 19.4 Å². The monoisotopic (exact) mass is 511 g/mol. The van der Waals surface area contributed by atoms with Crippen molar-refractivity contribution in [2.24, 2.45) is 0 Å². The molecule has 4 heterocycles. The molecule has 0 radical (unpaired) electrons. The second-order valence-electron chi connectivity index (χ2n) is 9.85. The standard InChI is InChI=1S/C14H23N3.C11H13FN2.C5H10O/c1-4-5-13-12(3)16-11(2)10-14(13)17-8-6-15-7-9-17;1-3-4-9-5-10(12)11-13-8(2)6-14(11)7-9;1-3-4-5(2)6/h10,15H,4-9H2,1-3H3;5-7H,3-4H2,1-2H3;3-4H2,1-2H3. The van der Waals surface area contributed by atoms with Crippen molar-refractivity contribution in [1.82, 2.24) is 19.7 Å². The second-order valence-corrected chi connectivity index (χ2v) is 9.85. The van der Waals surface area contributed by atoms with E-state index in [-0.39, 0.29) is 11.6 Å². The first kappa shape index (κ1) is 30.4. The molecule has 6 nitrogen and oxygen atoms in total. The predicted molar refractivity (Wildman–Crippen MR) is 152 cm³/mol. The van der Waals surface area contributed by atoms with E-state index in [4.69, 9.17) is 0 Å². The molecule has 0 bridgehead atoms. The van der Waals surface area contributed by atoms with Crippen molar-refractivity contribution in [2.75, 3.05) is 31.1 Å². The minimum atomic E-state index is -0.232. The van der Waals surface area contributed by atoms with Crippen molar-refractivity contribution in [3.63, 3.8) is 0 Å². The number of halogens is 1. The Morgan fingerprint density at radius 3 is 2.19 bits per heavy atom. The number of hydrogen-bond donors (Lipinski definition) is 1. The molecule has 204 valence electrons. The van der Waals surface area contributed by atoms with Crippen molar-refractivity contribution in [2.45, 2.75) is 87.0 Å². The van der Waals surface area contributed by atoms with Gasteiger partial charge in [0.05, 0.1) is 5.69 Å². The fourth-order valence-electron chi connectivity index (χ4n) is 4.59. The third-order valence-corrected chi connectivity index (χ3v) is 6.22. The Hall–Kier alpha value is -2.80. The zero-order valence-corrected chi connectivity index (χ0v) is 24.0. The van der Waals surface area contributed by atoms with E-state index in [9.17, 15) is 9.18 Å². The SMILES string of the molecule is CCCC(C)=O.CCCc1c(N2CCNCC2)cc(C)nc1C.CCCc1cc(F)c2nc(C)cn2c1. The molecule has 0 aliphatic carbocycles. The largest absolute Gasteiger partial charge is 0.369 e. The molecule has 1 aliphatic rings. The highest BCUT2D eigenvalue weighted by atomic mass is 19.1. The van der Waals surface area contributed by atoms with Gasteiger partial charge in [0.1, 0.15) is 5.78 Å². The van der Waals surface area contributed by atoms with E-state index in [1.54, 1.807) is 17.4 Å². The Bertz CT molecular complexity index is 1130. The van der Waals surface area contributed by atoms with Crippen LogP contribution in [0.3, 0.4) is 0 Å². The van der Waals surface area contributed by atoms with E-state index in [1.807, 2.05) is 26.2 Å². The van der Waals surface area contributed by atoms with Crippen molar-refractivity contribution >= 4 is 17.1 Å². The number of hydrogen-bond acceptors (Lipinski definition) is 5. The number of piperazine rings is 1. The first-order chi connectivity index (χ1) is 17.7. The van der Waals surface area contributed by atoms with Crippen molar-refractivity contribution in [1.29, 1.82) is 0 Å². The van der Waals surface area contributed by atoms with Crippen LogP contribution in [0.1, 0.15) is 81.6 Å². The summed E-state index contributed by atoms with van der Waals surface area (Å²) in [5, 5.41) is 3.41. The lowest BCUT2D eigenvalue weighted by Gasteiger charge is -2.32. The number of aromatic nitrogens is 3. The normalized spacial score (nSPS) is 13.0. The highest BCUT2D eigenvalue weighted by Gasteiger charge is 2.16. The molecular weight excluding hydrogens is 465 g/mol. The summed E-state index contributed by atoms with van der Waals surface area (Å²) in [6.07, 6.45) is 9.76. The van der Waals surface area contributed by atoms with E-state index < -0.39 is 0 Å². The number of carbonyl (C=O) groups is 1. The first-order valence-corrected chi connectivity index (χ1v) is 13.8. The third-order valence-electron chi connectivity index (χ3n) is 6.22. The summed E-state index contributed by atoms with van der Waals surface area (Å²) >= 11 is 0. The van der Waals surface area contributed by atoms with Gasteiger partial charge in [-0.1, -0.05) is 33.6 Å². The van der Waals surface area contributed by atoms with Crippen LogP contribution in [0.25, 0.3) is 5.65 Å². The molecule has 0 atom stereocenters. The van der Waals surface area contributed by atoms with E-state index in [2.05, 4.69) is 53.9 Å². The zero-order chi connectivity index (χ0) is 27.4. The molecule has 0 spiro atoms. The van der Waals surface area contributed by atoms with Gasteiger partial charge in [0.25, 0.3) is 0 Å². The molecular formula is C30H46FN5O. The summed E-state index contributed by atoms with van der Waals surface area (Å²) in [5.74, 6) is 0.0570. The van der Waals surface area contributed by atoms with Gasteiger partial charge in [-0.3, -0.25) is 4.98 Å². The molecule has 3 aromatic rings. The zero-order valence-electron chi connectivity index (χ0n) is 24.0. The molecule has 3 aromatic heterocycles. The molecule has 4 rings (SSSR count). The Labute approximate surface area is 222 Å². The predicted octanol–water partition coefficient (Wildman–Crippen LogP) is 6.17. The number of carbonyl (C=O) groups excluding carboxylic acids is 1. The molecule has 1 fully saturated rings. The van der Waals surface area contributed by atoms with Crippen LogP contribution < -0.4 is 10.2 Å². The number of pyridine rings is 2. The van der Waals surface area contributed by atoms with E-state index in [1.165, 1.54) is 23.4 Å². The van der Waals surface area contributed by atoms with Gasteiger partial charge in [-0.25, -0.2) is 9.37 Å². The van der Waals surface area contributed by atoms with Gasteiger partial charge in [0.2, 0.25) is 0 Å². The highest BCUT2D eigenvalue weighted by Crippen LogP contribution is 2.25. The maximum absolute atomic E-state index is 13.5. The van der Waals surface area contributed by atoms with Crippen LogP contribution >= 0.6 is 0 Å². The fraction of sp³-hybridized carbons (Fsp3) is 0.567. The van der Waals surface area contributed by atoms with E-state index >= 15 is 0 Å². The smallest absolute Gasteiger partial charge is 0.173 e. The average molecular weight is 512 g/mol. The molecule has 0 unspecified atom stereocenters.